The molecular weight excluding hydrogens is 342 g/mol. The fraction of sp³-hybridized carbons (Fsp3) is 0.571. The Balaban J connectivity index is 2.84. The van der Waals surface area contributed by atoms with E-state index in [1.165, 1.54) is 5.38 Å². The van der Waals surface area contributed by atoms with Gasteiger partial charge in [0, 0.05) is 5.38 Å². The summed E-state index contributed by atoms with van der Waals surface area (Å²) in [5.74, 6) is -1.54. The minimum absolute atomic E-state index is 0.0139. The molecule has 1 atom stereocenters. The molecule has 0 fully saturated rings. The molecule has 1 heterocycles. The van der Waals surface area contributed by atoms with Crippen molar-refractivity contribution in [3.63, 3.8) is 0 Å². The highest BCUT2D eigenvalue weighted by Gasteiger charge is 2.39. The topological polar surface area (TPSA) is 75.6 Å². The van der Waals surface area contributed by atoms with Crippen molar-refractivity contribution in [2.45, 2.75) is 51.9 Å². The number of anilines is 1. The summed E-state index contributed by atoms with van der Waals surface area (Å²) in [5, 5.41) is 13.5. The van der Waals surface area contributed by atoms with Gasteiger partial charge in [-0.05, 0) is 25.1 Å². The van der Waals surface area contributed by atoms with Crippen molar-refractivity contribution >= 4 is 48.1 Å². The van der Waals surface area contributed by atoms with Crippen LogP contribution in [0.25, 0.3) is 0 Å². The van der Waals surface area contributed by atoms with Gasteiger partial charge in [0.1, 0.15) is 16.7 Å². The number of carbonyl (C=O) groups excluding carboxylic acids is 1. The number of carboxylic acid groups (broad SMARTS) is 1. The molecule has 8 heteroatoms. The molecule has 124 valence electrons. The van der Waals surface area contributed by atoms with Crippen molar-refractivity contribution in [1.82, 2.24) is 0 Å². The lowest BCUT2D eigenvalue weighted by Crippen LogP contribution is -2.46. The highest BCUT2D eigenvalue weighted by atomic mass is 35.5. The van der Waals surface area contributed by atoms with Crippen molar-refractivity contribution in [2.75, 3.05) is 5.32 Å². The van der Waals surface area contributed by atoms with Gasteiger partial charge < -0.3 is 14.8 Å². The zero-order valence-electron chi connectivity index (χ0n) is 13.6. The maximum Gasteiger partial charge on any atom is 0.340 e. The summed E-state index contributed by atoms with van der Waals surface area (Å²) >= 11 is 6.91. The monoisotopic (exact) mass is 363 g/mol. The smallest absolute Gasteiger partial charge is 0.340 e. The first kappa shape index (κ1) is 19.2. The molecule has 0 aliphatic heterocycles. The average molecular weight is 364 g/mol. The quantitative estimate of drug-likeness (QED) is 0.758. The maximum atomic E-state index is 12.3. The van der Waals surface area contributed by atoms with Crippen LogP contribution >= 0.6 is 22.9 Å². The summed E-state index contributed by atoms with van der Waals surface area (Å²) in [6.07, 6.45) is -0.664. The number of rotatable bonds is 5. The molecule has 0 saturated carbocycles. The lowest BCUT2D eigenvalue weighted by Gasteiger charge is -2.37. The molecule has 0 bridgehead atoms. The number of halogens is 1. The summed E-state index contributed by atoms with van der Waals surface area (Å²) in [6.45, 7) is 12.1. The molecule has 0 aromatic carbocycles. The van der Waals surface area contributed by atoms with Crippen molar-refractivity contribution in [3.8, 4) is 0 Å². The van der Waals surface area contributed by atoms with E-state index in [1.807, 2.05) is 0 Å². The molecule has 1 aromatic heterocycles. The van der Waals surface area contributed by atoms with E-state index in [2.05, 4.69) is 39.2 Å². The van der Waals surface area contributed by atoms with Gasteiger partial charge in [0.2, 0.25) is 0 Å². The zero-order chi connectivity index (χ0) is 17.3. The molecule has 22 heavy (non-hydrogen) atoms. The van der Waals surface area contributed by atoms with E-state index >= 15 is 0 Å². The van der Waals surface area contributed by atoms with Gasteiger partial charge in [-0.15, -0.1) is 11.3 Å². The Labute approximate surface area is 140 Å². The number of hydrogen-bond acceptors (Lipinski definition) is 4. The van der Waals surface area contributed by atoms with E-state index < -0.39 is 20.4 Å². The minimum Gasteiger partial charge on any atom is -0.478 e. The molecule has 0 aliphatic rings. The lowest BCUT2D eigenvalue weighted by molar-refractivity contribution is -0.122. The molecule has 1 rings (SSSR count). The minimum atomic E-state index is -2.08. The highest BCUT2D eigenvalue weighted by Crippen LogP contribution is 2.37. The van der Waals surface area contributed by atoms with E-state index in [9.17, 15) is 9.59 Å². The van der Waals surface area contributed by atoms with Gasteiger partial charge >= 0.3 is 5.97 Å². The summed E-state index contributed by atoms with van der Waals surface area (Å²) in [5.41, 5.74) is -0.0838. The van der Waals surface area contributed by atoms with Crippen LogP contribution in [0.1, 0.15) is 38.1 Å². The molecule has 0 radical (unpaired) electrons. The molecule has 1 amide bonds. The van der Waals surface area contributed by atoms with E-state index in [0.29, 0.717) is 0 Å². The number of thiophene rings is 1. The third kappa shape index (κ3) is 4.31. The predicted octanol–water partition coefficient (Wildman–Crippen LogP) is 4.45. The van der Waals surface area contributed by atoms with Crippen molar-refractivity contribution in [3.05, 3.63) is 16.0 Å². The first-order valence-corrected chi connectivity index (χ1v) is 11.0. The Morgan fingerprint density at radius 2 is 1.95 bits per heavy atom. The number of hydrogen-bond donors (Lipinski definition) is 2. The largest absolute Gasteiger partial charge is 0.478 e. The standard InChI is InChI=1S/C14H22ClNO4SSi/c1-8(20-22(5,6)14(2,3)4)11(17)16-12-10(13(18)19)9(15)7-21-12/h7-8H,1-6H3,(H,16,17)(H,18,19). The van der Waals surface area contributed by atoms with Gasteiger partial charge in [0.05, 0.1) is 5.02 Å². The number of amides is 1. The fourth-order valence-electron chi connectivity index (χ4n) is 1.51. The van der Waals surface area contributed by atoms with Crippen LogP contribution in [-0.2, 0) is 9.22 Å². The SMILES string of the molecule is CC(O[Si](C)(C)C(C)(C)C)C(=O)Nc1scc(Cl)c1C(=O)O. The van der Waals surface area contributed by atoms with Crippen LogP contribution in [0.5, 0.6) is 0 Å². The predicted molar refractivity (Wildman–Crippen MR) is 92.7 cm³/mol. The van der Waals surface area contributed by atoms with Crippen LogP contribution in [0.3, 0.4) is 0 Å². The summed E-state index contributed by atoms with van der Waals surface area (Å²) in [7, 11) is -2.08. The van der Waals surface area contributed by atoms with Crippen molar-refractivity contribution in [2.24, 2.45) is 0 Å². The van der Waals surface area contributed by atoms with Crippen LogP contribution in [0, 0.1) is 0 Å². The Kier molecular flexibility index (Phi) is 5.83. The molecule has 1 aromatic rings. The second kappa shape index (κ2) is 6.70. The highest BCUT2D eigenvalue weighted by molar-refractivity contribution is 7.15. The van der Waals surface area contributed by atoms with Crippen molar-refractivity contribution in [1.29, 1.82) is 0 Å². The molecule has 0 saturated heterocycles. The summed E-state index contributed by atoms with van der Waals surface area (Å²) in [4.78, 5) is 23.4. The molecule has 0 spiro atoms. The van der Waals surface area contributed by atoms with Crippen molar-refractivity contribution < 1.29 is 19.1 Å². The molecule has 5 nitrogen and oxygen atoms in total. The second-order valence-electron chi connectivity index (χ2n) is 6.60. The van der Waals surface area contributed by atoms with Crippen LogP contribution in [0.15, 0.2) is 5.38 Å². The second-order valence-corrected chi connectivity index (χ2v) is 12.6. The first-order valence-electron chi connectivity index (χ1n) is 6.86. The lowest BCUT2D eigenvalue weighted by atomic mass is 10.2. The molecule has 1 unspecified atom stereocenters. The van der Waals surface area contributed by atoms with Gasteiger partial charge in [-0.1, -0.05) is 32.4 Å². The van der Waals surface area contributed by atoms with Crippen LogP contribution < -0.4 is 5.32 Å². The number of aromatic carboxylic acids is 1. The summed E-state index contributed by atoms with van der Waals surface area (Å²) in [6, 6.07) is 0. The number of carboxylic acids is 1. The Morgan fingerprint density at radius 1 is 1.41 bits per heavy atom. The van der Waals surface area contributed by atoms with Crippen LogP contribution in [-0.4, -0.2) is 31.4 Å². The van der Waals surface area contributed by atoms with Crippen LogP contribution in [0.2, 0.25) is 23.2 Å². The Bertz CT molecular complexity index is 580. The van der Waals surface area contributed by atoms with E-state index in [-0.39, 0.29) is 26.5 Å². The van der Waals surface area contributed by atoms with E-state index in [4.69, 9.17) is 21.1 Å². The first-order chi connectivity index (χ1) is 9.86. The molecular formula is C14H22ClNO4SSi. The third-order valence-corrected chi connectivity index (χ3v) is 9.72. The number of nitrogens with one attached hydrogen (secondary N) is 1. The third-order valence-electron chi connectivity index (χ3n) is 3.84. The van der Waals surface area contributed by atoms with E-state index in [0.717, 1.165) is 11.3 Å². The Morgan fingerprint density at radius 3 is 2.41 bits per heavy atom. The maximum absolute atomic E-state index is 12.3. The van der Waals surface area contributed by atoms with Gasteiger partial charge in [-0.25, -0.2) is 4.79 Å². The van der Waals surface area contributed by atoms with Gasteiger partial charge in [-0.2, -0.15) is 0 Å². The molecule has 2 N–H and O–H groups in total. The van der Waals surface area contributed by atoms with E-state index in [1.54, 1.807) is 6.92 Å². The number of carbonyl (C=O) groups is 2. The fourth-order valence-corrected chi connectivity index (χ4v) is 4.04. The molecule has 0 aliphatic carbocycles. The van der Waals surface area contributed by atoms with Gasteiger partial charge in [0.25, 0.3) is 5.91 Å². The normalized spacial score (nSPS) is 13.8. The van der Waals surface area contributed by atoms with Gasteiger partial charge in [0.15, 0.2) is 8.32 Å². The average Bonchev–Trinajstić information content (AvgIpc) is 2.68. The zero-order valence-corrected chi connectivity index (χ0v) is 16.2. The van der Waals surface area contributed by atoms with Gasteiger partial charge in [-0.3, -0.25) is 4.79 Å². The summed E-state index contributed by atoms with van der Waals surface area (Å²) < 4.78 is 5.99. The van der Waals surface area contributed by atoms with Crippen LogP contribution in [0.4, 0.5) is 5.00 Å². The Hall–Kier alpha value is -0.893.